The van der Waals surface area contributed by atoms with Crippen LogP contribution < -0.4 is 16.0 Å². The Hall–Kier alpha value is -5.05. The lowest BCUT2D eigenvalue weighted by molar-refractivity contribution is -0.131. The number of carboxylic acids is 1. The lowest BCUT2D eigenvalue weighted by atomic mass is 10.1. The minimum absolute atomic E-state index is 0.0479. The molecule has 0 radical (unpaired) electrons. The number of hydrogen-bond donors (Lipinski definition) is 4. The molecule has 0 atom stereocenters. The smallest absolute Gasteiger partial charge is 0.328 e. The van der Waals surface area contributed by atoms with Gasteiger partial charge in [-0.15, -0.1) is 0 Å². The van der Waals surface area contributed by atoms with Crippen LogP contribution >= 0.6 is 0 Å². The summed E-state index contributed by atoms with van der Waals surface area (Å²) in [6.45, 7) is -0.0479. The second-order valence-corrected chi connectivity index (χ2v) is 7.40. The van der Waals surface area contributed by atoms with E-state index in [-0.39, 0.29) is 17.8 Å². The van der Waals surface area contributed by atoms with Crippen LogP contribution in [-0.4, -0.2) is 28.8 Å². The molecule has 0 saturated heterocycles. The number of aliphatic carboxylic acids is 1. The van der Waals surface area contributed by atoms with Crippen molar-refractivity contribution in [2.24, 2.45) is 0 Å². The van der Waals surface area contributed by atoms with E-state index >= 15 is 0 Å². The highest BCUT2D eigenvalue weighted by Gasteiger charge is 2.16. The maximum atomic E-state index is 14.2. The number of hydrogen-bond acceptors (Lipinski definition) is 4. The largest absolute Gasteiger partial charge is 0.478 e. The van der Waals surface area contributed by atoms with Gasteiger partial charge in [-0.2, -0.15) is 0 Å². The Morgan fingerprint density at radius 1 is 0.833 bits per heavy atom. The van der Waals surface area contributed by atoms with E-state index in [0.29, 0.717) is 22.9 Å². The molecule has 0 saturated carbocycles. The van der Waals surface area contributed by atoms with E-state index in [1.807, 2.05) is 0 Å². The third kappa shape index (κ3) is 7.49. The molecule has 0 fully saturated rings. The molecule has 0 aliphatic heterocycles. The predicted molar refractivity (Wildman–Crippen MR) is 132 cm³/mol. The van der Waals surface area contributed by atoms with Gasteiger partial charge in [0.05, 0.1) is 0 Å². The normalized spacial score (nSPS) is 11.1. The topological polar surface area (TPSA) is 125 Å². The number of benzene rings is 3. The van der Waals surface area contributed by atoms with Crippen LogP contribution in [-0.2, 0) is 20.9 Å². The molecule has 8 nitrogen and oxygen atoms in total. The summed E-state index contributed by atoms with van der Waals surface area (Å²) in [5.41, 5.74) is 1.11. The second kappa shape index (κ2) is 12.4. The summed E-state index contributed by atoms with van der Waals surface area (Å²) in [6.07, 6.45) is 2.80. The number of rotatable bonds is 9. The van der Waals surface area contributed by atoms with E-state index in [4.69, 9.17) is 5.11 Å². The van der Waals surface area contributed by atoms with E-state index in [9.17, 15) is 23.6 Å². The van der Waals surface area contributed by atoms with Crippen LogP contribution in [0.25, 0.3) is 6.08 Å². The van der Waals surface area contributed by atoms with Crippen LogP contribution in [0, 0.1) is 5.82 Å². The zero-order valence-corrected chi connectivity index (χ0v) is 18.9. The van der Waals surface area contributed by atoms with Crippen LogP contribution in [0.3, 0.4) is 0 Å². The van der Waals surface area contributed by atoms with Gasteiger partial charge in [0.2, 0.25) is 5.91 Å². The first-order valence-corrected chi connectivity index (χ1v) is 10.7. The van der Waals surface area contributed by atoms with Crippen molar-refractivity contribution in [2.75, 3.05) is 5.32 Å². The van der Waals surface area contributed by atoms with Gasteiger partial charge in [0.15, 0.2) is 0 Å². The van der Waals surface area contributed by atoms with E-state index in [1.54, 1.807) is 60.7 Å². The average Bonchev–Trinajstić information content (AvgIpc) is 2.88. The van der Waals surface area contributed by atoms with E-state index < -0.39 is 29.5 Å². The van der Waals surface area contributed by atoms with Crippen LogP contribution in [0.5, 0.6) is 0 Å². The lowest BCUT2D eigenvalue weighted by Gasteiger charge is -2.14. The lowest BCUT2D eigenvalue weighted by Crippen LogP contribution is -2.34. The van der Waals surface area contributed by atoms with Gasteiger partial charge in [-0.1, -0.05) is 54.6 Å². The van der Waals surface area contributed by atoms with Crippen molar-refractivity contribution in [3.05, 3.63) is 119 Å². The summed E-state index contributed by atoms with van der Waals surface area (Å²) in [7, 11) is 0. The number of carbonyl (C=O) groups excluding carboxylic acids is 3. The molecular weight excluding hydrogens is 465 g/mol. The minimum Gasteiger partial charge on any atom is -0.478 e. The molecule has 0 aliphatic rings. The molecule has 3 rings (SSSR count). The average molecular weight is 487 g/mol. The van der Waals surface area contributed by atoms with Gasteiger partial charge in [0.1, 0.15) is 11.5 Å². The number of para-hydroxylation sites is 1. The Bertz CT molecular complexity index is 1340. The highest BCUT2D eigenvalue weighted by Crippen LogP contribution is 2.16. The van der Waals surface area contributed by atoms with Crippen molar-refractivity contribution in [1.82, 2.24) is 10.6 Å². The summed E-state index contributed by atoms with van der Waals surface area (Å²) >= 11 is 0. The van der Waals surface area contributed by atoms with Gasteiger partial charge in [-0.25, -0.2) is 9.18 Å². The Morgan fingerprint density at radius 3 is 2.22 bits per heavy atom. The zero-order chi connectivity index (χ0) is 25.9. The van der Waals surface area contributed by atoms with Crippen LogP contribution in [0.15, 0.2) is 96.7 Å². The van der Waals surface area contributed by atoms with Crippen molar-refractivity contribution in [3.8, 4) is 0 Å². The molecule has 36 heavy (non-hydrogen) atoms. The first kappa shape index (κ1) is 25.6. The standard InChI is InChI=1S/C27H22FN3O5/c28-21-12-6-4-10-19(21)16-23(31-26(35)18-8-2-1-3-9-18)27(36)29-17-20-11-5-7-13-22(20)30-24(32)14-15-25(33)34/h1-16H,17H2,(H,29,36)(H,30,32)(H,31,35)(H,33,34)/b15-14+,23-16+. The van der Waals surface area contributed by atoms with Crippen molar-refractivity contribution in [2.45, 2.75) is 6.54 Å². The minimum atomic E-state index is -1.27. The number of nitrogens with one attached hydrogen (secondary N) is 3. The van der Waals surface area contributed by atoms with Crippen LogP contribution in [0.2, 0.25) is 0 Å². The molecule has 182 valence electrons. The van der Waals surface area contributed by atoms with E-state index in [0.717, 1.165) is 6.08 Å². The SMILES string of the molecule is O=C(O)/C=C/C(=O)Nc1ccccc1CNC(=O)/C(=C\c1ccccc1F)NC(=O)c1ccccc1. The molecule has 3 amide bonds. The summed E-state index contributed by atoms with van der Waals surface area (Å²) in [4.78, 5) is 48.3. The molecule has 0 bridgehead atoms. The van der Waals surface area contributed by atoms with Crippen molar-refractivity contribution >= 4 is 35.5 Å². The Balaban J connectivity index is 1.80. The van der Waals surface area contributed by atoms with E-state index in [1.165, 1.54) is 24.3 Å². The zero-order valence-electron chi connectivity index (χ0n) is 18.9. The quantitative estimate of drug-likeness (QED) is 0.344. The Morgan fingerprint density at radius 2 is 1.50 bits per heavy atom. The van der Waals surface area contributed by atoms with Gasteiger partial charge in [-0.3, -0.25) is 14.4 Å². The van der Waals surface area contributed by atoms with Crippen molar-refractivity contribution < 1.29 is 28.7 Å². The van der Waals surface area contributed by atoms with E-state index in [2.05, 4.69) is 16.0 Å². The number of carboxylic acid groups (broad SMARTS) is 1. The predicted octanol–water partition coefficient (Wildman–Crippen LogP) is 3.49. The molecule has 0 spiro atoms. The molecule has 0 unspecified atom stereocenters. The third-order valence-electron chi connectivity index (χ3n) is 4.83. The van der Waals surface area contributed by atoms with Crippen molar-refractivity contribution in [1.29, 1.82) is 0 Å². The summed E-state index contributed by atoms with van der Waals surface area (Å²) in [6, 6.07) is 20.6. The third-order valence-corrected chi connectivity index (χ3v) is 4.83. The summed E-state index contributed by atoms with van der Waals surface area (Å²) in [5, 5.41) is 16.4. The summed E-state index contributed by atoms with van der Waals surface area (Å²) in [5.74, 6) is -3.73. The molecule has 0 aromatic heterocycles. The number of carbonyl (C=O) groups is 4. The number of anilines is 1. The van der Waals surface area contributed by atoms with Crippen molar-refractivity contribution in [3.63, 3.8) is 0 Å². The molecule has 9 heteroatoms. The molecule has 3 aromatic rings. The molecule has 3 aromatic carbocycles. The fourth-order valence-corrected chi connectivity index (χ4v) is 3.08. The molecular formula is C27H22FN3O5. The van der Waals surface area contributed by atoms with Crippen LogP contribution in [0.4, 0.5) is 10.1 Å². The molecule has 0 heterocycles. The first-order valence-electron chi connectivity index (χ1n) is 10.7. The van der Waals surface area contributed by atoms with Crippen LogP contribution in [0.1, 0.15) is 21.5 Å². The second-order valence-electron chi connectivity index (χ2n) is 7.40. The number of amides is 3. The monoisotopic (exact) mass is 487 g/mol. The Kier molecular flexibility index (Phi) is 8.82. The highest BCUT2D eigenvalue weighted by atomic mass is 19.1. The molecule has 0 aliphatic carbocycles. The van der Waals surface area contributed by atoms with Gasteiger partial charge < -0.3 is 21.1 Å². The Labute approximate surface area is 206 Å². The van der Waals surface area contributed by atoms with Gasteiger partial charge in [0, 0.05) is 35.5 Å². The van der Waals surface area contributed by atoms with Gasteiger partial charge in [-0.05, 0) is 35.9 Å². The highest BCUT2D eigenvalue weighted by molar-refractivity contribution is 6.05. The van der Waals surface area contributed by atoms with Gasteiger partial charge >= 0.3 is 5.97 Å². The van der Waals surface area contributed by atoms with Gasteiger partial charge in [0.25, 0.3) is 11.8 Å². The fourth-order valence-electron chi connectivity index (χ4n) is 3.08. The fraction of sp³-hybridized carbons (Fsp3) is 0.0370. The summed E-state index contributed by atoms with van der Waals surface area (Å²) < 4.78 is 14.2. The number of halogens is 1. The maximum absolute atomic E-state index is 14.2. The maximum Gasteiger partial charge on any atom is 0.328 e. The molecule has 4 N–H and O–H groups in total. The first-order chi connectivity index (χ1) is 17.3.